The van der Waals surface area contributed by atoms with Crippen LogP contribution < -0.4 is 0 Å². The van der Waals surface area contributed by atoms with Gasteiger partial charge in [0.1, 0.15) is 17.2 Å². The minimum absolute atomic E-state index is 0.00501. The van der Waals surface area contributed by atoms with Crippen LogP contribution in [0.25, 0.3) is 0 Å². The second-order valence-corrected chi connectivity index (χ2v) is 12.8. The first-order chi connectivity index (χ1) is 22.3. The highest BCUT2D eigenvalue weighted by Gasteiger charge is 2.35. The van der Waals surface area contributed by atoms with E-state index in [9.17, 15) is 20.4 Å². The third-order valence-corrected chi connectivity index (χ3v) is 9.28. The average molecular weight is 645 g/mol. The highest BCUT2D eigenvalue weighted by molar-refractivity contribution is 5.57. The van der Waals surface area contributed by atoms with Gasteiger partial charge >= 0.3 is 0 Å². The van der Waals surface area contributed by atoms with Crippen LogP contribution in [0.15, 0.2) is 66.7 Å². The van der Waals surface area contributed by atoms with E-state index in [1.54, 1.807) is 41.4 Å². The van der Waals surface area contributed by atoms with Gasteiger partial charge in [0.2, 0.25) is 0 Å². The van der Waals surface area contributed by atoms with Crippen molar-refractivity contribution in [3.05, 3.63) is 122 Å². The van der Waals surface area contributed by atoms with Crippen LogP contribution in [0.3, 0.4) is 0 Å². The molecule has 0 saturated heterocycles. The summed E-state index contributed by atoms with van der Waals surface area (Å²) in [6.07, 6.45) is -0.918. The number of hydrogen-bond acceptors (Lipinski definition) is 8. The molecule has 4 aromatic rings. The Hall–Kier alpha value is -3.92. The molecule has 0 spiro atoms. The largest absolute Gasteiger partial charge is 0.508 e. The quantitative estimate of drug-likeness (QED) is 0.107. The molecule has 0 heterocycles. The van der Waals surface area contributed by atoms with E-state index >= 15 is 0 Å². The van der Waals surface area contributed by atoms with Gasteiger partial charge in [-0.3, -0.25) is 0 Å². The average Bonchev–Trinajstić information content (AvgIpc) is 3.04. The maximum Gasteiger partial charge on any atom is 0.126 e. The molecule has 2 unspecified atom stereocenters. The molecule has 8 heteroatoms. The number of methoxy groups -OCH3 is 4. The molecule has 0 aliphatic heterocycles. The molecule has 0 radical (unpaired) electrons. The van der Waals surface area contributed by atoms with Gasteiger partial charge in [-0.25, -0.2) is 0 Å². The van der Waals surface area contributed by atoms with E-state index in [1.165, 1.54) is 0 Å². The van der Waals surface area contributed by atoms with Crippen molar-refractivity contribution in [2.45, 2.75) is 71.1 Å². The third kappa shape index (κ3) is 7.17. The zero-order valence-electron chi connectivity index (χ0n) is 28.7. The summed E-state index contributed by atoms with van der Waals surface area (Å²) in [5.74, 6) is 0.324. The van der Waals surface area contributed by atoms with Crippen molar-refractivity contribution < 1.29 is 39.4 Å². The number of phenolic OH excluding ortho intramolecular Hbond substituents is 3. The molecule has 0 fully saturated rings. The van der Waals surface area contributed by atoms with Gasteiger partial charge < -0.3 is 39.4 Å². The Morgan fingerprint density at radius 1 is 0.532 bits per heavy atom. The summed E-state index contributed by atoms with van der Waals surface area (Å²) < 4.78 is 21.5. The summed E-state index contributed by atoms with van der Waals surface area (Å²) in [5, 5.41) is 43.1. The topological polar surface area (TPSA) is 118 Å². The summed E-state index contributed by atoms with van der Waals surface area (Å²) in [5.41, 5.74) is 6.54. The van der Waals surface area contributed by atoms with Crippen LogP contribution in [0, 0.1) is 0 Å². The standard InChI is InChI=1S/C39H48O8/c1-24(40)34-19-33(18-28(23-47-8)37(34)43)39(4,31-13-14-35(41)25(15-31)20-44-5)30-11-9-29(10-12-30)38(2,3)32-16-26(21-45-6)36(42)27(17-32)22-46-7/h9-19,24,40-43H,20-23H2,1-8H3. The Morgan fingerprint density at radius 3 is 1.47 bits per heavy atom. The van der Waals surface area contributed by atoms with Gasteiger partial charge in [0.25, 0.3) is 0 Å². The van der Waals surface area contributed by atoms with E-state index in [1.807, 2.05) is 36.4 Å². The van der Waals surface area contributed by atoms with Crippen molar-refractivity contribution in [1.29, 1.82) is 0 Å². The molecule has 47 heavy (non-hydrogen) atoms. The van der Waals surface area contributed by atoms with Gasteiger partial charge in [0.15, 0.2) is 0 Å². The highest BCUT2D eigenvalue weighted by atomic mass is 16.5. The lowest BCUT2D eigenvalue weighted by Crippen LogP contribution is -2.27. The number of hydrogen-bond donors (Lipinski definition) is 4. The molecule has 0 saturated carbocycles. The Balaban J connectivity index is 1.92. The lowest BCUT2D eigenvalue weighted by Gasteiger charge is -2.35. The van der Waals surface area contributed by atoms with Crippen molar-refractivity contribution in [3.63, 3.8) is 0 Å². The van der Waals surface area contributed by atoms with Crippen molar-refractivity contribution >= 4 is 0 Å². The fraction of sp³-hybridized carbons (Fsp3) is 0.385. The molecule has 0 aromatic heterocycles. The van der Waals surface area contributed by atoms with Crippen LogP contribution in [0.5, 0.6) is 17.2 Å². The lowest BCUT2D eigenvalue weighted by molar-refractivity contribution is 0.174. The smallest absolute Gasteiger partial charge is 0.126 e. The zero-order chi connectivity index (χ0) is 34.5. The predicted octanol–water partition coefficient (Wildman–Crippen LogP) is 7.12. The minimum atomic E-state index is -0.918. The van der Waals surface area contributed by atoms with E-state index in [2.05, 4.69) is 45.0 Å². The van der Waals surface area contributed by atoms with E-state index in [0.717, 1.165) is 27.8 Å². The van der Waals surface area contributed by atoms with Crippen LogP contribution in [-0.4, -0.2) is 48.9 Å². The molecular weight excluding hydrogens is 596 g/mol. The number of aliphatic hydroxyl groups is 1. The molecule has 0 amide bonds. The summed E-state index contributed by atoms with van der Waals surface area (Å²) in [7, 11) is 6.36. The second kappa shape index (κ2) is 14.9. The van der Waals surface area contributed by atoms with Crippen LogP contribution in [0.4, 0.5) is 0 Å². The van der Waals surface area contributed by atoms with Crippen molar-refractivity contribution in [2.24, 2.45) is 0 Å². The third-order valence-electron chi connectivity index (χ3n) is 9.28. The van der Waals surface area contributed by atoms with Gasteiger partial charge in [-0.05, 0) is 78.1 Å². The van der Waals surface area contributed by atoms with E-state index in [-0.39, 0.29) is 43.7 Å². The van der Waals surface area contributed by atoms with Gasteiger partial charge in [0.05, 0.1) is 32.5 Å². The fourth-order valence-corrected chi connectivity index (χ4v) is 6.30. The van der Waals surface area contributed by atoms with E-state index in [4.69, 9.17) is 18.9 Å². The first-order valence-electron chi connectivity index (χ1n) is 15.6. The molecule has 0 bridgehead atoms. The number of aromatic hydroxyl groups is 3. The Kier molecular flexibility index (Phi) is 11.4. The number of phenols is 3. The van der Waals surface area contributed by atoms with Gasteiger partial charge in [-0.2, -0.15) is 0 Å². The first kappa shape index (κ1) is 35.9. The van der Waals surface area contributed by atoms with Gasteiger partial charge in [0, 0.05) is 67.1 Å². The molecule has 8 nitrogen and oxygen atoms in total. The first-order valence-corrected chi connectivity index (χ1v) is 15.6. The molecule has 0 aliphatic carbocycles. The van der Waals surface area contributed by atoms with E-state index < -0.39 is 16.9 Å². The summed E-state index contributed by atoms with van der Waals surface area (Å²) >= 11 is 0. The molecule has 4 N–H and O–H groups in total. The van der Waals surface area contributed by atoms with Crippen LogP contribution in [0.1, 0.15) is 89.4 Å². The number of rotatable bonds is 14. The second-order valence-electron chi connectivity index (χ2n) is 12.8. The maximum atomic E-state index is 11.0. The predicted molar refractivity (Wildman–Crippen MR) is 182 cm³/mol. The van der Waals surface area contributed by atoms with Crippen molar-refractivity contribution in [2.75, 3.05) is 28.4 Å². The molecule has 2 atom stereocenters. The number of aliphatic hydroxyl groups excluding tert-OH is 1. The van der Waals surface area contributed by atoms with Crippen molar-refractivity contribution in [3.8, 4) is 17.2 Å². The minimum Gasteiger partial charge on any atom is -0.508 e. The van der Waals surface area contributed by atoms with Crippen LogP contribution in [-0.2, 0) is 56.2 Å². The highest BCUT2D eigenvalue weighted by Crippen LogP contribution is 2.45. The molecular formula is C39H48O8. The normalized spacial score (nSPS) is 13.8. The van der Waals surface area contributed by atoms with Crippen molar-refractivity contribution in [1.82, 2.24) is 0 Å². The Bertz CT molecular complexity index is 1650. The van der Waals surface area contributed by atoms with Crippen LogP contribution in [0.2, 0.25) is 0 Å². The monoisotopic (exact) mass is 644 g/mol. The molecule has 4 aromatic carbocycles. The molecule has 0 aliphatic rings. The molecule has 252 valence electrons. The lowest BCUT2D eigenvalue weighted by atomic mass is 9.69. The summed E-state index contributed by atoms with van der Waals surface area (Å²) in [4.78, 5) is 0. The Labute approximate surface area is 278 Å². The Morgan fingerprint density at radius 2 is 0.957 bits per heavy atom. The number of ether oxygens (including phenoxy) is 4. The summed E-state index contributed by atoms with van der Waals surface area (Å²) in [6.45, 7) is 8.94. The van der Waals surface area contributed by atoms with E-state index in [0.29, 0.717) is 27.8 Å². The molecule has 4 rings (SSSR count). The van der Waals surface area contributed by atoms with Crippen LogP contribution >= 0.6 is 0 Å². The van der Waals surface area contributed by atoms with Gasteiger partial charge in [-0.15, -0.1) is 0 Å². The maximum absolute atomic E-state index is 11.0. The fourth-order valence-electron chi connectivity index (χ4n) is 6.30. The number of benzene rings is 4. The summed E-state index contributed by atoms with van der Waals surface area (Å²) in [6, 6.07) is 21.6. The SMILES string of the molecule is COCc1cc(C(C)(c2ccc(C(C)(C)c3cc(COC)c(O)c(COC)c3)cc2)c2cc(COC)c(O)c(C(C)O)c2)ccc1O. The van der Waals surface area contributed by atoms with Gasteiger partial charge in [-0.1, -0.05) is 44.2 Å². The zero-order valence-corrected chi connectivity index (χ0v) is 28.7.